The molecule has 1 N–H and O–H groups in total. The normalized spacial score (nSPS) is 12.1. The number of aromatic amines is 1. The number of nitrogens with one attached hydrogen (secondary N) is 1. The van der Waals surface area contributed by atoms with Crippen molar-refractivity contribution in [3.05, 3.63) is 83.4 Å². The molecule has 4 rings (SSSR count). The van der Waals surface area contributed by atoms with Gasteiger partial charge in [-0.05, 0) is 35.7 Å². The Morgan fingerprint density at radius 1 is 0.750 bits per heavy atom. The summed E-state index contributed by atoms with van der Waals surface area (Å²) < 4.78 is 38.0. The average molecular weight is 325 g/mol. The second-order valence-electron chi connectivity index (χ2n) is 5.88. The van der Waals surface area contributed by atoms with Crippen LogP contribution < -0.4 is 0 Å². The molecule has 0 fully saturated rings. The zero-order chi connectivity index (χ0) is 16.7. The summed E-state index contributed by atoms with van der Waals surface area (Å²) in [5, 5.41) is 2.29. The Kier molecular flexibility index (Phi) is 3.34. The Morgan fingerprint density at radius 2 is 1.46 bits per heavy atom. The molecule has 0 saturated heterocycles. The molecule has 0 saturated carbocycles. The van der Waals surface area contributed by atoms with E-state index in [1.807, 2.05) is 30.3 Å². The van der Waals surface area contributed by atoms with Gasteiger partial charge in [-0.1, -0.05) is 48.5 Å². The smallest absolute Gasteiger partial charge is 0.354 e. The van der Waals surface area contributed by atoms with Crippen molar-refractivity contribution >= 4 is 21.8 Å². The highest BCUT2D eigenvalue weighted by Crippen LogP contribution is 2.31. The first-order valence-electron chi connectivity index (χ1n) is 7.67. The highest BCUT2D eigenvalue weighted by molar-refractivity contribution is 6.08. The predicted octanol–water partition coefficient (Wildman–Crippen LogP) is 5.93. The summed E-state index contributed by atoms with van der Waals surface area (Å²) >= 11 is 0. The molecule has 1 aromatic heterocycles. The predicted molar refractivity (Wildman–Crippen MR) is 90.1 cm³/mol. The second-order valence-corrected chi connectivity index (χ2v) is 5.88. The molecule has 1 nitrogen and oxygen atoms in total. The molecule has 0 unspecified atom stereocenters. The van der Waals surface area contributed by atoms with Crippen molar-refractivity contribution in [2.45, 2.75) is 12.6 Å². The summed E-state index contributed by atoms with van der Waals surface area (Å²) in [6, 6.07) is 19.5. The number of hydrogen-bond donors (Lipinski definition) is 1. The van der Waals surface area contributed by atoms with Gasteiger partial charge in [0.15, 0.2) is 0 Å². The molecule has 0 aliphatic rings. The van der Waals surface area contributed by atoms with Crippen LogP contribution in [0.5, 0.6) is 0 Å². The maximum Gasteiger partial charge on any atom is 0.416 e. The van der Waals surface area contributed by atoms with Gasteiger partial charge in [0, 0.05) is 16.3 Å². The minimum atomic E-state index is -4.30. The Bertz CT molecular complexity index is 1010. The van der Waals surface area contributed by atoms with E-state index in [4.69, 9.17) is 0 Å². The van der Waals surface area contributed by atoms with E-state index < -0.39 is 11.7 Å². The van der Waals surface area contributed by atoms with E-state index in [0.29, 0.717) is 6.42 Å². The first-order chi connectivity index (χ1) is 11.5. The van der Waals surface area contributed by atoms with Gasteiger partial charge >= 0.3 is 6.18 Å². The van der Waals surface area contributed by atoms with Gasteiger partial charge in [-0.15, -0.1) is 0 Å². The van der Waals surface area contributed by atoms with Crippen molar-refractivity contribution in [3.63, 3.8) is 0 Å². The average Bonchev–Trinajstić information content (AvgIpc) is 2.94. The number of fused-ring (bicyclic) bond motifs is 3. The molecular weight excluding hydrogens is 311 g/mol. The quantitative estimate of drug-likeness (QED) is 0.470. The van der Waals surface area contributed by atoms with Crippen LogP contribution in [0.2, 0.25) is 0 Å². The third kappa shape index (κ3) is 2.54. The summed E-state index contributed by atoms with van der Waals surface area (Å²) in [7, 11) is 0. The fraction of sp³-hybridized carbons (Fsp3) is 0.100. The third-order valence-corrected chi connectivity index (χ3v) is 4.30. The topological polar surface area (TPSA) is 15.8 Å². The van der Waals surface area contributed by atoms with E-state index in [-0.39, 0.29) is 0 Å². The summed E-state index contributed by atoms with van der Waals surface area (Å²) in [6.45, 7) is 0. The van der Waals surface area contributed by atoms with Crippen LogP contribution >= 0.6 is 0 Å². The van der Waals surface area contributed by atoms with E-state index in [0.717, 1.165) is 45.1 Å². The zero-order valence-corrected chi connectivity index (χ0v) is 12.7. The van der Waals surface area contributed by atoms with E-state index in [1.165, 1.54) is 0 Å². The summed E-state index contributed by atoms with van der Waals surface area (Å²) in [5.74, 6) is 0. The van der Waals surface area contributed by atoms with E-state index >= 15 is 0 Å². The minimum Gasteiger partial charge on any atom is -0.354 e. The number of H-pyrrole nitrogens is 1. The van der Waals surface area contributed by atoms with Gasteiger partial charge in [0.05, 0.1) is 11.1 Å². The Morgan fingerprint density at radius 3 is 2.21 bits per heavy atom. The second kappa shape index (κ2) is 5.41. The number of halogens is 3. The lowest BCUT2D eigenvalue weighted by Crippen LogP contribution is -2.04. The molecule has 0 spiro atoms. The minimum absolute atomic E-state index is 0.586. The highest BCUT2D eigenvalue weighted by Gasteiger charge is 2.29. The van der Waals surface area contributed by atoms with Gasteiger partial charge < -0.3 is 4.98 Å². The van der Waals surface area contributed by atoms with Crippen molar-refractivity contribution in [2.75, 3.05) is 0 Å². The van der Waals surface area contributed by atoms with Crippen LogP contribution in [0.15, 0.2) is 66.7 Å². The highest BCUT2D eigenvalue weighted by atomic mass is 19.4. The molecule has 0 aliphatic heterocycles. The number of alkyl halides is 3. The molecule has 0 bridgehead atoms. The first kappa shape index (κ1) is 14.8. The molecule has 24 heavy (non-hydrogen) atoms. The first-order valence-corrected chi connectivity index (χ1v) is 7.67. The van der Waals surface area contributed by atoms with Gasteiger partial charge in [-0.25, -0.2) is 0 Å². The molecule has 0 atom stereocenters. The largest absolute Gasteiger partial charge is 0.416 e. The summed E-state index contributed by atoms with van der Waals surface area (Å²) in [4.78, 5) is 3.42. The van der Waals surface area contributed by atoms with Gasteiger partial charge in [0.2, 0.25) is 0 Å². The molecule has 0 amide bonds. The fourth-order valence-corrected chi connectivity index (χ4v) is 3.11. The molecule has 1 heterocycles. The van der Waals surface area contributed by atoms with Crippen LogP contribution in [-0.2, 0) is 12.6 Å². The van der Waals surface area contributed by atoms with Crippen LogP contribution in [0.1, 0.15) is 16.7 Å². The van der Waals surface area contributed by atoms with Crippen LogP contribution in [0.25, 0.3) is 21.8 Å². The van der Waals surface area contributed by atoms with E-state index in [1.54, 1.807) is 12.1 Å². The lowest BCUT2D eigenvalue weighted by Gasteiger charge is -2.08. The molecular formula is C20H14F3N. The Labute approximate surface area is 136 Å². The number of aromatic nitrogens is 1. The van der Waals surface area contributed by atoms with E-state index in [2.05, 4.69) is 17.1 Å². The van der Waals surface area contributed by atoms with Gasteiger partial charge in [-0.2, -0.15) is 13.2 Å². The van der Waals surface area contributed by atoms with Crippen LogP contribution in [-0.4, -0.2) is 4.98 Å². The van der Waals surface area contributed by atoms with Gasteiger partial charge in [0.1, 0.15) is 0 Å². The van der Waals surface area contributed by atoms with Crippen LogP contribution in [0, 0.1) is 0 Å². The Balaban J connectivity index is 1.74. The number of hydrogen-bond acceptors (Lipinski definition) is 0. The van der Waals surface area contributed by atoms with Crippen LogP contribution in [0.3, 0.4) is 0 Å². The Hall–Kier alpha value is -2.75. The number of para-hydroxylation sites is 2. The van der Waals surface area contributed by atoms with E-state index in [9.17, 15) is 13.2 Å². The molecule has 4 heteroatoms. The summed E-state index contributed by atoms with van der Waals surface area (Å²) in [5.41, 5.74) is 3.42. The molecule has 0 aliphatic carbocycles. The fourth-order valence-electron chi connectivity index (χ4n) is 3.11. The lowest BCUT2D eigenvalue weighted by molar-refractivity contribution is -0.137. The lowest BCUT2D eigenvalue weighted by atomic mass is 10.0. The van der Waals surface area contributed by atoms with Gasteiger partial charge in [-0.3, -0.25) is 0 Å². The van der Waals surface area contributed by atoms with Gasteiger partial charge in [0.25, 0.3) is 0 Å². The monoisotopic (exact) mass is 325 g/mol. The van der Waals surface area contributed by atoms with Crippen molar-refractivity contribution in [1.82, 2.24) is 4.98 Å². The van der Waals surface area contributed by atoms with Crippen LogP contribution in [0.4, 0.5) is 13.2 Å². The number of rotatable bonds is 2. The maximum atomic E-state index is 12.7. The molecule has 0 radical (unpaired) electrons. The molecule has 120 valence electrons. The van der Waals surface area contributed by atoms with Crippen molar-refractivity contribution in [2.24, 2.45) is 0 Å². The van der Waals surface area contributed by atoms with Crippen molar-refractivity contribution in [1.29, 1.82) is 0 Å². The molecule has 4 aromatic rings. The summed E-state index contributed by atoms with van der Waals surface area (Å²) in [6.07, 6.45) is -3.71. The van der Waals surface area contributed by atoms with Crippen molar-refractivity contribution < 1.29 is 13.2 Å². The number of benzene rings is 3. The maximum absolute atomic E-state index is 12.7. The third-order valence-electron chi connectivity index (χ3n) is 4.30. The zero-order valence-electron chi connectivity index (χ0n) is 12.7. The molecule has 3 aromatic carbocycles. The standard InChI is InChI=1S/C20H14F3N/c21-20(22,23)15-10-8-13(9-11-15)12-14-4-3-6-17-16-5-1-2-7-18(16)24-19(14)17/h1-11,24H,12H2. The SMILES string of the molecule is FC(F)(F)c1ccc(Cc2cccc3c2[nH]c2ccccc23)cc1. The van der Waals surface area contributed by atoms with Crippen molar-refractivity contribution in [3.8, 4) is 0 Å².